The van der Waals surface area contributed by atoms with Crippen LogP contribution in [0.2, 0.25) is 5.02 Å². The number of ether oxygens (including phenoxy) is 1. The Bertz CT molecular complexity index is 507. The van der Waals surface area contributed by atoms with Gasteiger partial charge in [0, 0.05) is 0 Å². The fourth-order valence-corrected chi connectivity index (χ4v) is 1.72. The molecule has 0 heterocycles. The van der Waals surface area contributed by atoms with Crippen molar-refractivity contribution in [2.75, 3.05) is 6.61 Å². The Morgan fingerprint density at radius 3 is 2.56 bits per heavy atom. The van der Waals surface area contributed by atoms with E-state index >= 15 is 0 Å². The lowest BCUT2D eigenvalue weighted by molar-refractivity contribution is 0.0692. The molecule has 0 bridgehead atoms. The third-order valence-corrected chi connectivity index (χ3v) is 2.72. The Kier molecular flexibility index (Phi) is 4.26. The summed E-state index contributed by atoms with van der Waals surface area (Å²) in [5.74, 6) is 1.31. The average molecular weight is 267 g/mol. The van der Waals surface area contributed by atoms with Crippen LogP contribution in [-0.4, -0.2) is 17.7 Å². The number of rotatable bonds is 3. The molecular formula is C14H15ClO3. The minimum absolute atomic E-state index is 0.0190. The zero-order chi connectivity index (χ0) is 13.9. The van der Waals surface area contributed by atoms with Crippen LogP contribution in [0.4, 0.5) is 0 Å². The lowest BCUT2D eigenvalue weighted by atomic mass is 9.86. The lowest BCUT2D eigenvalue weighted by Gasteiger charge is -2.21. The summed E-state index contributed by atoms with van der Waals surface area (Å²) in [6, 6.07) is 3.28. The van der Waals surface area contributed by atoms with E-state index in [1.54, 1.807) is 12.1 Å². The van der Waals surface area contributed by atoms with E-state index in [1.807, 2.05) is 20.8 Å². The number of benzene rings is 1. The second-order valence-electron chi connectivity index (χ2n) is 4.88. The molecule has 0 aliphatic rings. The highest BCUT2D eigenvalue weighted by Crippen LogP contribution is 2.35. The molecule has 0 aromatic heterocycles. The first-order chi connectivity index (χ1) is 8.27. The van der Waals surface area contributed by atoms with Gasteiger partial charge in [0.15, 0.2) is 5.75 Å². The van der Waals surface area contributed by atoms with Gasteiger partial charge in [-0.1, -0.05) is 38.3 Å². The van der Waals surface area contributed by atoms with E-state index in [2.05, 4.69) is 5.92 Å². The summed E-state index contributed by atoms with van der Waals surface area (Å²) in [7, 11) is 0. The SMILES string of the molecule is C#CCOc1c(Cl)cc(C(C)(C)C)cc1C(=O)O. The second-order valence-corrected chi connectivity index (χ2v) is 5.29. The summed E-state index contributed by atoms with van der Waals surface area (Å²) < 4.78 is 5.20. The summed E-state index contributed by atoms with van der Waals surface area (Å²) in [5, 5.41) is 9.45. The van der Waals surface area contributed by atoms with Crippen molar-refractivity contribution >= 4 is 17.6 Å². The van der Waals surface area contributed by atoms with Gasteiger partial charge in [-0.05, 0) is 23.1 Å². The van der Waals surface area contributed by atoms with Crippen LogP contribution in [0.5, 0.6) is 5.75 Å². The van der Waals surface area contributed by atoms with Crippen molar-refractivity contribution in [1.29, 1.82) is 0 Å². The molecule has 1 aromatic carbocycles. The molecule has 0 atom stereocenters. The molecule has 1 aromatic rings. The minimum Gasteiger partial charge on any atom is -0.478 e. The van der Waals surface area contributed by atoms with Gasteiger partial charge >= 0.3 is 5.97 Å². The number of terminal acetylenes is 1. The van der Waals surface area contributed by atoms with Gasteiger partial charge in [-0.25, -0.2) is 4.79 Å². The maximum absolute atomic E-state index is 11.2. The van der Waals surface area contributed by atoms with Crippen LogP contribution in [0, 0.1) is 12.3 Å². The predicted molar refractivity (Wildman–Crippen MR) is 71.4 cm³/mol. The van der Waals surface area contributed by atoms with E-state index in [4.69, 9.17) is 22.8 Å². The molecule has 0 saturated heterocycles. The summed E-state index contributed by atoms with van der Waals surface area (Å²) in [6.45, 7) is 5.92. The van der Waals surface area contributed by atoms with Crippen LogP contribution in [0.15, 0.2) is 12.1 Å². The molecule has 0 aliphatic heterocycles. The fourth-order valence-electron chi connectivity index (χ4n) is 1.45. The van der Waals surface area contributed by atoms with Crippen LogP contribution >= 0.6 is 11.6 Å². The first-order valence-electron chi connectivity index (χ1n) is 5.41. The summed E-state index contributed by atoms with van der Waals surface area (Å²) in [4.78, 5) is 11.2. The second kappa shape index (κ2) is 5.32. The Labute approximate surface area is 112 Å². The van der Waals surface area contributed by atoms with E-state index in [0.717, 1.165) is 5.56 Å². The molecule has 0 amide bonds. The number of aromatic carboxylic acids is 1. The van der Waals surface area contributed by atoms with Gasteiger partial charge in [0.1, 0.15) is 12.2 Å². The molecule has 1 N–H and O–H groups in total. The van der Waals surface area contributed by atoms with Crippen molar-refractivity contribution in [3.63, 3.8) is 0 Å². The Morgan fingerprint density at radius 2 is 2.11 bits per heavy atom. The first kappa shape index (κ1) is 14.4. The highest BCUT2D eigenvalue weighted by Gasteiger charge is 2.22. The van der Waals surface area contributed by atoms with Gasteiger partial charge < -0.3 is 9.84 Å². The van der Waals surface area contributed by atoms with E-state index in [0.29, 0.717) is 0 Å². The van der Waals surface area contributed by atoms with Crippen molar-refractivity contribution in [3.8, 4) is 18.1 Å². The molecule has 18 heavy (non-hydrogen) atoms. The van der Waals surface area contributed by atoms with Gasteiger partial charge in [-0.2, -0.15) is 0 Å². The largest absolute Gasteiger partial charge is 0.478 e. The van der Waals surface area contributed by atoms with E-state index in [1.165, 1.54) is 0 Å². The van der Waals surface area contributed by atoms with Gasteiger partial charge in [-0.15, -0.1) is 6.42 Å². The van der Waals surface area contributed by atoms with Crippen LogP contribution < -0.4 is 4.74 Å². The summed E-state index contributed by atoms with van der Waals surface area (Å²) in [6.07, 6.45) is 5.09. The van der Waals surface area contributed by atoms with Crippen LogP contribution in [0.3, 0.4) is 0 Å². The smallest absolute Gasteiger partial charge is 0.339 e. The average Bonchev–Trinajstić information content (AvgIpc) is 2.25. The zero-order valence-corrected chi connectivity index (χ0v) is 11.3. The van der Waals surface area contributed by atoms with Crippen molar-refractivity contribution in [2.45, 2.75) is 26.2 Å². The molecule has 3 nitrogen and oxygen atoms in total. The van der Waals surface area contributed by atoms with Crippen LogP contribution in [-0.2, 0) is 5.41 Å². The van der Waals surface area contributed by atoms with Crippen molar-refractivity contribution < 1.29 is 14.6 Å². The lowest BCUT2D eigenvalue weighted by Crippen LogP contribution is -2.14. The molecule has 0 fully saturated rings. The van der Waals surface area contributed by atoms with E-state index < -0.39 is 5.97 Å². The predicted octanol–water partition coefficient (Wildman–Crippen LogP) is 3.35. The topological polar surface area (TPSA) is 46.5 Å². The number of halogens is 1. The molecule has 0 aliphatic carbocycles. The van der Waals surface area contributed by atoms with Gasteiger partial charge in [0.05, 0.1) is 5.02 Å². The first-order valence-corrected chi connectivity index (χ1v) is 5.78. The van der Waals surface area contributed by atoms with Crippen molar-refractivity contribution in [2.24, 2.45) is 0 Å². The normalized spacial score (nSPS) is 10.8. The Balaban J connectivity index is 3.37. The maximum atomic E-state index is 11.2. The highest BCUT2D eigenvalue weighted by atomic mass is 35.5. The van der Waals surface area contributed by atoms with E-state index in [-0.39, 0.29) is 28.4 Å². The minimum atomic E-state index is -1.09. The Hall–Kier alpha value is -1.66. The highest BCUT2D eigenvalue weighted by molar-refractivity contribution is 6.32. The summed E-state index contributed by atoms with van der Waals surface area (Å²) in [5.41, 5.74) is 0.666. The molecule has 1 rings (SSSR count). The monoisotopic (exact) mass is 266 g/mol. The number of carboxylic acid groups (broad SMARTS) is 1. The number of hydrogen-bond donors (Lipinski definition) is 1. The van der Waals surface area contributed by atoms with E-state index in [9.17, 15) is 9.90 Å². The van der Waals surface area contributed by atoms with Gasteiger partial charge in [0.25, 0.3) is 0 Å². The molecular weight excluding hydrogens is 252 g/mol. The molecule has 0 unspecified atom stereocenters. The Morgan fingerprint density at radius 1 is 1.50 bits per heavy atom. The number of carbonyl (C=O) groups is 1. The maximum Gasteiger partial charge on any atom is 0.339 e. The number of carboxylic acids is 1. The zero-order valence-electron chi connectivity index (χ0n) is 10.6. The third kappa shape index (κ3) is 3.18. The van der Waals surface area contributed by atoms with Crippen molar-refractivity contribution in [3.05, 3.63) is 28.3 Å². The third-order valence-electron chi connectivity index (χ3n) is 2.44. The molecule has 0 spiro atoms. The number of hydrogen-bond acceptors (Lipinski definition) is 2. The van der Waals surface area contributed by atoms with Crippen LogP contribution in [0.1, 0.15) is 36.7 Å². The van der Waals surface area contributed by atoms with Gasteiger partial charge in [0.2, 0.25) is 0 Å². The molecule has 4 heteroatoms. The molecule has 96 valence electrons. The standard InChI is InChI=1S/C14H15ClO3/c1-5-6-18-12-10(13(16)17)7-9(8-11(12)15)14(2,3)4/h1,7-8H,6H2,2-4H3,(H,16,17). The quantitative estimate of drug-likeness (QED) is 0.854. The van der Waals surface area contributed by atoms with Crippen molar-refractivity contribution in [1.82, 2.24) is 0 Å². The van der Waals surface area contributed by atoms with Gasteiger partial charge in [-0.3, -0.25) is 0 Å². The molecule has 0 saturated carbocycles. The fraction of sp³-hybridized carbons (Fsp3) is 0.357. The van der Waals surface area contributed by atoms with Crippen LogP contribution in [0.25, 0.3) is 0 Å². The summed E-state index contributed by atoms with van der Waals surface area (Å²) >= 11 is 6.06. The molecule has 0 radical (unpaired) electrons.